The van der Waals surface area contributed by atoms with E-state index in [1.807, 2.05) is 30.3 Å². The topological polar surface area (TPSA) is 56.7 Å². The van der Waals surface area contributed by atoms with Gasteiger partial charge in [-0.15, -0.1) is 0 Å². The standard InChI is InChI=1S/C19H23F2N3O/c1-22-19(23-10-9-15-11-17(20)7-8-18(15)21)24-12-16(13-25)14-5-3-2-4-6-14/h2-8,11,16,25H,9-10,12-13H2,1H3,(H2,22,23,24). The first-order chi connectivity index (χ1) is 12.1. The Morgan fingerprint density at radius 2 is 1.88 bits per heavy atom. The van der Waals surface area contributed by atoms with Gasteiger partial charge in [-0.1, -0.05) is 30.3 Å². The molecule has 2 aromatic carbocycles. The van der Waals surface area contributed by atoms with Gasteiger partial charge >= 0.3 is 0 Å². The second-order valence-corrected chi connectivity index (χ2v) is 5.66. The Kier molecular flexibility index (Phi) is 7.35. The van der Waals surface area contributed by atoms with E-state index in [2.05, 4.69) is 15.6 Å². The first kappa shape index (κ1) is 18.9. The lowest BCUT2D eigenvalue weighted by Crippen LogP contribution is -2.40. The number of aliphatic hydroxyl groups excluding tert-OH is 1. The van der Waals surface area contributed by atoms with Crippen LogP contribution in [0, 0.1) is 11.6 Å². The van der Waals surface area contributed by atoms with E-state index in [4.69, 9.17) is 0 Å². The lowest BCUT2D eigenvalue weighted by atomic mass is 10.0. The molecule has 6 heteroatoms. The van der Waals surface area contributed by atoms with Crippen molar-refractivity contribution in [1.29, 1.82) is 0 Å². The Morgan fingerprint density at radius 3 is 2.56 bits per heavy atom. The summed E-state index contributed by atoms with van der Waals surface area (Å²) < 4.78 is 26.8. The van der Waals surface area contributed by atoms with Crippen molar-refractivity contribution in [3.63, 3.8) is 0 Å². The van der Waals surface area contributed by atoms with Gasteiger partial charge in [0, 0.05) is 26.1 Å². The van der Waals surface area contributed by atoms with Crippen LogP contribution in [0.2, 0.25) is 0 Å². The van der Waals surface area contributed by atoms with Gasteiger partial charge in [-0.3, -0.25) is 4.99 Å². The number of hydrogen-bond acceptors (Lipinski definition) is 2. The van der Waals surface area contributed by atoms with E-state index < -0.39 is 11.6 Å². The van der Waals surface area contributed by atoms with Crippen molar-refractivity contribution >= 4 is 5.96 Å². The number of guanidine groups is 1. The molecule has 25 heavy (non-hydrogen) atoms. The van der Waals surface area contributed by atoms with Gasteiger partial charge < -0.3 is 15.7 Å². The third-order valence-corrected chi connectivity index (χ3v) is 3.93. The average Bonchev–Trinajstić information content (AvgIpc) is 2.64. The SMILES string of the molecule is CN=C(NCCc1cc(F)ccc1F)NCC(CO)c1ccccc1. The Morgan fingerprint density at radius 1 is 1.12 bits per heavy atom. The summed E-state index contributed by atoms with van der Waals surface area (Å²) in [7, 11) is 1.63. The summed E-state index contributed by atoms with van der Waals surface area (Å²) in [6.45, 7) is 0.937. The molecule has 0 fully saturated rings. The van der Waals surface area contributed by atoms with Crippen LogP contribution in [0.15, 0.2) is 53.5 Å². The molecule has 0 radical (unpaired) electrons. The maximum Gasteiger partial charge on any atom is 0.191 e. The number of aliphatic hydroxyl groups is 1. The number of rotatable bonds is 7. The van der Waals surface area contributed by atoms with Gasteiger partial charge in [0.2, 0.25) is 0 Å². The first-order valence-electron chi connectivity index (χ1n) is 8.18. The second kappa shape index (κ2) is 9.74. The molecule has 0 saturated heterocycles. The van der Waals surface area contributed by atoms with E-state index in [1.165, 1.54) is 6.07 Å². The smallest absolute Gasteiger partial charge is 0.191 e. The Balaban J connectivity index is 1.83. The molecule has 3 N–H and O–H groups in total. The highest BCUT2D eigenvalue weighted by atomic mass is 19.1. The molecule has 0 heterocycles. The molecule has 1 atom stereocenters. The predicted molar refractivity (Wildman–Crippen MR) is 95.7 cm³/mol. The Hall–Kier alpha value is -2.47. The van der Waals surface area contributed by atoms with Crippen LogP contribution in [0.3, 0.4) is 0 Å². The fourth-order valence-corrected chi connectivity index (χ4v) is 2.50. The van der Waals surface area contributed by atoms with Gasteiger partial charge in [0.1, 0.15) is 11.6 Å². The van der Waals surface area contributed by atoms with E-state index in [9.17, 15) is 13.9 Å². The summed E-state index contributed by atoms with van der Waals surface area (Å²) in [6.07, 6.45) is 0.340. The van der Waals surface area contributed by atoms with Crippen LogP contribution >= 0.6 is 0 Å². The first-order valence-corrected chi connectivity index (χ1v) is 8.18. The Labute approximate surface area is 146 Å². The molecule has 0 aliphatic heterocycles. The van der Waals surface area contributed by atoms with E-state index in [0.29, 0.717) is 31.0 Å². The van der Waals surface area contributed by atoms with Crippen LogP contribution in [0.5, 0.6) is 0 Å². The molecule has 0 aliphatic carbocycles. The quantitative estimate of drug-likeness (QED) is 0.533. The fraction of sp³-hybridized carbons (Fsp3) is 0.316. The van der Waals surface area contributed by atoms with Crippen LogP contribution in [0.1, 0.15) is 17.0 Å². The Bertz CT molecular complexity index is 692. The summed E-state index contributed by atoms with van der Waals surface area (Å²) in [6, 6.07) is 13.1. The van der Waals surface area contributed by atoms with E-state index in [0.717, 1.165) is 17.7 Å². The highest BCUT2D eigenvalue weighted by molar-refractivity contribution is 5.79. The highest BCUT2D eigenvalue weighted by Crippen LogP contribution is 2.13. The molecule has 4 nitrogen and oxygen atoms in total. The minimum absolute atomic E-state index is 0.0164. The lowest BCUT2D eigenvalue weighted by molar-refractivity contribution is 0.265. The molecule has 0 bridgehead atoms. The van der Waals surface area contributed by atoms with E-state index in [-0.39, 0.29) is 12.5 Å². The molecular weight excluding hydrogens is 324 g/mol. The van der Waals surface area contributed by atoms with E-state index >= 15 is 0 Å². The summed E-state index contributed by atoms with van der Waals surface area (Å²) in [5, 5.41) is 15.8. The lowest BCUT2D eigenvalue weighted by Gasteiger charge is -2.18. The predicted octanol–water partition coefficient (Wildman–Crippen LogP) is 2.45. The van der Waals surface area contributed by atoms with Gasteiger partial charge in [0.25, 0.3) is 0 Å². The monoisotopic (exact) mass is 347 g/mol. The third-order valence-electron chi connectivity index (χ3n) is 3.93. The van der Waals surface area contributed by atoms with Crippen molar-refractivity contribution in [2.24, 2.45) is 4.99 Å². The fourth-order valence-electron chi connectivity index (χ4n) is 2.50. The van der Waals surface area contributed by atoms with Gasteiger partial charge in [0.15, 0.2) is 5.96 Å². The second-order valence-electron chi connectivity index (χ2n) is 5.66. The number of halogens is 2. The molecular formula is C19H23F2N3O. The summed E-state index contributed by atoms with van der Waals surface area (Å²) in [5.74, 6) is -0.380. The van der Waals surface area contributed by atoms with Crippen molar-refractivity contribution in [2.75, 3.05) is 26.7 Å². The van der Waals surface area contributed by atoms with Gasteiger partial charge in [-0.2, -0.15) is 0 Å². The highest BCUT2D eigenvalue weighted by Gasteiger charge is 2.11. The molecule has 134 valence electrons. The molecule has 2 aromatic rings. The van der Waals surface area contributed by atoms with Crippen LogP contribution in [-0.4, -0.2) is 37.8 Å². The average molecular weight is 347 g/mol. The van der Waals surface area contributed by atoms with Gasteiger partial charge in [0.05, 0.1) is 6.61 Å². The zero-order chi connectivity index (χ0) is 18.1. The zero-order valence-electron chi connectivity index (χ0n) is 14.2. The van der Waals surface area contributed by atoms with Crippen molar-refractivity contribution in [1.82, 2.24) is 10.6 Å². The summed E-state index contributed by atoms with van der Waals surface area (Å²) in [4.78, 5) is 4.10. The third kappa shape index (κ3) is 5.83. The number of benzene rings is 2. The molecule has 1 unspecified atom stereocenters. The van der Waals surface area contributed by atoms with Crippen molar-refractivity contribution in [3.05, 3.63) is 71.3 Å². The normalized spacial score (nSPS) is 12.7. The van der Waals surface area contributed by atoms with Gasteiger partial charge in [-0.25, -0.2) is 8.78 Å². The van der Waals surface area contributed by atoms with Crippen molar-refractivity contribution in [2.45, 2.75) is 12.3 Å². The number of hydrogen-bond donors (Lipinski definition) is 3. The molecule has 0 saturated carbocycles. The molecule has 0 aliphatic rings. The number of nitrogens with one attached hydrogen (secondary N) is 2. The van der Waals surface area contributed by atoms with Gasteiger partial charge in [-0.05, 0) is 35.7 Å². The largest absolute Gasteiger partial charge is 0.396 e. The minimum Gasteiger partial charge on any atom is -0.396 e. The van der Waals surface area contributed by atoms with E-state index in [1.54, 1.807) is 7.05 Å². The zero-order valence-corrected chi connectivity index (χ0v) is 14.2. The molecule has 0 aromatic heterocycles. The summed E-state index contributed by atoms with van der Waals surface area (Å²) >= 11 is 0. The van der Waals surface area contributed by atoms with Crippen LogP contribution in [0.25, 0.3) is 0 Å². The minimum atomic E-state index is -0.451. The number of nitrogens with zero attached hydrogens (tertiary/aromatic N) is 1. The molecule has 2 rings (SSSR count). The molecule has 0 amide bonds. The maximum atomic E-state index is 13.6. The van der Waals surface area contributed by atoms with Crippen LogP contribution in [0.4, 0.5) is 8.78 Å². The maximum absolute atomic E-state index is 13.6. The molecule has 0 spiro atoms. The van der Waals surface area contributed by atoms with Crippen molar-refractivity contribution < 1.29 is 13.9 Å². The summed E-state index contributed by atoms with van der Waals surface area (Å²) in [5.41, 5.74) is 1.36. The van der Waals surface area contributed by atoms with Crippen molar-refractivity contribution in [3.8, 4) is 0 Å². The van der Waals surface area contributed by atoms with Crippen LogP contribution < -0.4 is 10.6 Å². The van der Waals surface area contributed by atoms with Crippen LogP contribution in [-0.2, 0) is 6.42 Å². The number of aliphatic imine (C=N–C) groups is 1.